The largest absolute Gasteiger partial charge is 0.545 e. The van der Waals surface area contributed by atoms with Crippen LogP contribution in [0.25, 0.3) is 0 Å². The van der Waals surface area contributed by atoms with Crippen LogP contribution in [0, 0.1) is 6.92 Å². The molecule has 11 heteroatoms. The van der Waals surface area contributed by atoms with Crippen molar-refractivity contribution in [1.29, 1.82) is 0 Å². The highest BCUT2D eigenvalue weighted by molar-refractivity contribution is 7.18. The minimum absolute atomic E-state index is 0.0375. The number of esters is 2. The summed E-state index contributed by atoms with van der Waals surface area (Å²) in [6, 6.07) is 2.70. The highest BCUT2D eigenvalue weighted by atomic mass is 32.1. The molecule has 10 nitrogen and oxygen atoms in total. The fraction of sp³-hybridized carbons (Fsp3) is 0.250. The van der Waals surface area contributed by atoms with Crippen LogP contribution in [-0.4, -0.2) is 43.0 Å². The average Bonchev–Trinajstić information content (AvgIpc) is 3.03. The van der Waals surface area contributed by atoms with Gasteiger partial charge in [0, 0.05) is 11.1 Å². The Labute approximate surface area is 180 Å². The zero-order valence-electron chi connectivity index (χ0n) is 16.7. The van der Waals surface area contributed by atoms with Gasteiger partial charge in [-0.15, -0.1) is 11.3 Å². The number of hydrogen-bond donors (Lipinski definition) is 1. The molecule has 1 heterocycles. The van der Waals surface area contributed by atoms with Gasteiger partial charge in [-0.05, 0) is 44.0 Å². The van der Waals surface area contributed by atoms with Crippen molar-refractivity contribution in [2.24, 2.45) is 0 Å². The number of anilines is 1. The number of nitrogens with one attached hydrogen (secondary N) is 1. The lowest BCUT2D eigenvalue weighted by Gasteiger charge is -2.13. The van der Waals surface area contributed by atoms with E-state index in [1.807, 2.05) is 0 Å². The third kappa shape index (κ3) is 5.07. The molecular weight excluding hydrogens is 430 g/mol. The molecule has 0 radical (unpaired) electrons. The molecule has 0 fully saturated rings. The monoisotopic (exact) mass is 447 g/mol. The molecule has 164 valence electrons. The van der Waals surface area contributed by atoms with Gasteiger partial charge in [-0.3, -0.25) is 4.79 Å². The van der Waals surface area contributed by atoms with Crippen LogP contribution in [0.3, 0.4) is 0 Å². The Bertz CT molecular complexity index is 1070. The maximum absolute atomic E-state index is 12.7. The molecule has 0 saturated carbocycles. The second kappa shape index (κ2) is 9.85. The number of amides is 1. The highest BCUT2D eigenvalue weighted by Gasteiger charge is 2.28. The predicted molar refractivity (Wildman–Crippen MR) is 104 cm³/mol. The van der Waals surface area contributed by atoms with E-state index in [2.05, 4.69) is 5.32 Å². The van der Waals surface area contributed by atoms with Crippen molar-refractivity contribution in [3.63, 3.8) is 0 Å². The van der Waals surface area contributed by atoms with Crippen LogP contribution in [0.5, 0.6) is 0 Å². The Morgan fingerprint density at radius 2 is 1.55 bits per heavy atom. The first-order valence-electron chi connectivity index (χ1n) is 8.97. The molecule has 0 saturated heterocycles. The third-order valence-electron chi connectivity index (χ3n) is 4.03. The maximum atomic E-state index is 12.7. The van der Waals surface area contributed by atoms with Crippen molar-refractivity contribution in [3.8, 4) is 0 Å². The lowest BCUT2D eigenvalue weighted by Crippen LogP contribution is -2.28. The van der Waals surface area contributed by atoms with Gasteiger partial charge in [-0.1, -0.05) is 6.07 Å². The van der Waals surface area contributed by atoms with Crippen molar-refractivity contribution in [2.45, 2.75) is 20.8 Å². The molecule has 0 spiro atoms. The molecule has 0 bridgehead atoms. The van der Waals surface area contributed by atoms with E-state index >= 15 is 0 Å². The molecule has 1 aromatic heterocycles. The molecule has 0 atom stereocenters. The fourth-order valence-electron chi connectivity index (χ4n) is 2.65. The number of hydrogen-bond acceptors (Lipinski definition) is 10. The van der Waals surface area contributed by atoms with Gasteiger partial charge in [0.25, 0.3) is 5.91 Å². The van der Waals surface area contributed by atoms with Gasteiger partial charge in [-0.25, -0.2) is 9.59 Å². The molecule has 1 amide bonds. The third-order valence-corrected chi connectivity index (χ3v) is 5.22. The number of ether oxygens (including phenoxy) is 2. The second-order valence-corrected chi connectivity index (χ2v) is 7.01. The van der Waals surface area contributed by atoms with Gasteiger partial charge in [0.05, 0.1) is 30.7 Å². The van der Waals surface area contributed by atoms with Crippen molar-refractivity contribution in [2.75, 3.05) is 18.5 Å². The van der Waals surface area contributed by atoms with Crippen molar-refractivity contribution < 1.29 is 43.7 Å². The van der Waals surface area contributed by atoms with Crippen LogP contribution in [0.2, 0.25) is 0 Å². The van der Waals surface area contributed by atoms with Gasteiger partial charge >= 0.3 is 11.9 Å². The van der Waals surface area contributed by atoms with E-state index in [1.165, 1.54) is 6.92 Å². The molecular formula is C20H17NO9S-2. The van der Waals surface area contributed by atoms with Crippen LogP contribution < -0.4 is 15.5 Å². The van der Waals surface area contributed by atoms with E-state index in [0.29, 0.717) is 0 Å². The summed E-state index contributed by atoms with van der Waals surface area (Å²) in [4.78, 5) is 59.8. The van der Waals surface area contributed by atoms with Crippen LogP contribution in [0.15, 0.2) is 18.2 Å². The summed E-state index contributed by atoms with van der Waals surface area (Å²) in [5.41, 5.74) is -1.41. The van der Waals surface area contributed by atoms with Crippen molar-refractivity contribution in [1.82, 2.24) is 0 Å². The summed E-state index contributed by atoms with van der Waals surface area (Å²) in [5, 5.41) is 24.7. The highest BCUT2D eigenvalue weighted by Crippen LogP contribution is 2.34. The average molecular weight is 447 g/mol. The standard InChI is InChI=1S/C20H19NO9S/c1-4-29-19(27)13-9(3)14(20(28)30-5-2)31-16(13)21-15(22)11-7-6-10(17(23)24)8-12(11)18(25)26/h6-8H,4-5H2,1-3H3,(H,21,22)(H,23,24)(H,25,26)/p-2. The minimum Gasteiger partial charge on any atom is -0.545 e. The first-order chi connectivity index (χ1) is 14.6. The smallest absolute Gasteiger partial charge is 0.348 e. The summed E-state index contributed by atoms with van der Waals surface area (Å²) >= 11 is 0.759. The number of carbonyl (C=O) groups is 5. The predicted octanol–water partition coefficient (Wildman–Crippen LogP) is 0.389. The minimum atomic E-state index is -1.78. The fourth-order valence-corrected chi connectivity index (χ4v) is 3.73. The number of carboxylic acids is 2. The van der Waals surface area contributed by atoms with E-state index in [9.17, 15) is 34.2 Å². The Morgan fingerprint density at radius 1 is 0.935 bits per heavy atom. The van der Waals surface area contributed by atoms with Gasteiger partial charge in [-0.2, -0.15) is 0 Å². The lowest BCUT2D eigenvalue weighted by molar-refractivity contribution is -0.255. The summed E-state index contributed by atoms with van der Waals surface area (Å²) in [5.74, 6) is -5.88. The van der Waals surface area contributed by atoms with Crippen LogP contribution in [0.4, 0.5) is 5.00 Å². The normalized spacial score (nSPS) is 10.3. The SMILES string of the molecule is CCOC(=O)c1sc(NC(=O)c2ccc(C(=O)[O-])cc2C(=O)[O-])c(C(=O)OCC)c1C. The summed E-state index contributed by atoms with van der Waals surface area (Å²) in [7, 11) is 0. The van der Waals surface area contributed by atoms with Crippen LogP contribution in [0.1, 0.15) is 70.5 Å². The maximum Gasteiger partial charge on any atom is 0.348 e. The summed E-state index contributed by atoms with van der Waals surface area (Å²) in [6.07, 6.45) is 0. The number of aromatic carboxylic acids is 2. The Kier molecular flexibility index (Phi) is 7.48. The first-order valence-corrected chi connectivity index (χ1v) is 9.79. The van der Waals surface area contributed by atoms with Crippen molar-refractivity contribution in [3.05, 3.63) is 50.9 Å². The molecule has 1 aromatic carbocycles. The molecule has 31 heavy (non-hydrogen) atoms. The Morgan fingerprint density at radius 3 is 2.10 bits per heavy atom. The van der Waals surface area contributed by atoms with Gasteiger partial charge in [0.2, 0.25) is 0 Å². The van der Waals surface area contributed by atoms with Crippen LogP contribution >= 0.6 is 11.3 Å². The molecule has 1 N–H and O–H groups in total. The number of rotatable bonds is 8. The topological polar surface area (TPSA) is 162 Å². The summed E-state index contributed by atoms with van der Waals surface area (Å²) < 4.78 is 9.93. The lowest BCUT2D eigenvalue weighted by atomic mass is 10.0. The molecule has 2 rings (SSSR count). The number of benzene rings is 1. The van der Waals surface area contributed by atoms with Crippen LogP contribution in [-0.2, 0) is 9.47 Å². The van der Waals surface area contributed by atoms with E-state index < -0.39 is 46.5 Å². The Hall–Kier alpha value is -3.73. The first kappa shape index (κ1) is 23.5. The zero-order chi connectivity index (χ0) is 23.3. The molecule has 0 aliphatic heterocycles. The Balaban J connectivity index is 2.52. The van der Waals surface area contributed by atoms with E-state index in [0.717, 1.165) is 29.5 Å². The van der Waals surface area contributed by atoms with E-state index in [4.69, 9.17) is 9.47 Å². The van der Waals surface area contributed by atoms with Crippen molar-refractivity contribution >= 4 is 46.1 Å². The number of thiophene rings is 1. The molecule has 2 aromatic rings. The zero-order valence-corrected chi connectivity index (χ0v) is 17.5. The van der Waals surface area contributed by atoms with Gasteiger partial charge < -0.3 is 34.6 Å². The number of carbonyl (C=O) groups excluding carboxylic acids is 5. The second-order valence-electron chi connectivity index (χ2n) is 5.99. The quantitative estimate of drug-likeness (QED) is 0.564. The number of carboxylic acid groups (broad SMARTS) is 2. The van der Waals surface area contributed by atoms with Gasteiger partial charge in [0.15, 0.2) is 0 Å². The molecule has 0 aliphatic carbocycles. The summed E-state index contributed by atoms with van der Waals surface area (Å²) in [6.45, 7) is 4.79. The molecule has 0 unspecified atom stereocenters. The van der Waals surface area contributed by atoms with Gasteiger partial charge in [0.1, 0.15) is 9.88 Å². The van der Waals surface area contributed by atoms with E-state index in [-0.39, 0.29) is 34.2 Å². The molecule has 0 aliphatic rings. The van der Waals surface area contributed by atoms with E-state index in [1.54, 1.807) is 13.8 Å².